The van der Waals surface area contributed by atoms with Gasteiger partial charge in [-0.3, -0.25) is 4.90 Å². The number of nitrogens with zero attached hydrogens (tertiary/aromatic N) is 5. The van der Waals surface area contributed by atoms with E-state index in [9.17, 15) is 0 Å². The quantitative estimate of drug-likeness (QED) is 0.802. The second-order valence-electron chi connectivity index (χ2n) is 6.13. The summed E-state index contributed by atoms with van der Waals surface area (Å²) in [5.74, 6) is 0.988. The first-order valence-corrected chi connectivity index (χ1v) is 6.70. The van der Waals surface area contributed by atoms with Gasteiger partial charge in [-0.15, -0.1) is 5.10 Å². The Morgan fingerprint density at radius 3 is 2.83 bits per heavy atom. The molecule has 0 aromatic carbocycles. The minimum Gasteiger partial charge on any atom is -0.370 e. The number of hydrogen-bond acceptors (Lipinski definition) is 5. The van der Waals surface area contributed by atoms with Crippen LogP contribution in [0, 0.1) is 0 Å². The van der Waals surface area contributed by atoms with E-state index in [2.05, 4.69) is 41.2 Å². The van der Waals surface area contributed by atoms with Gasteiger partial charge in [0.05, 0.1) is 24.3 Å². The Hall–Kier alpha value is -1.01. The summed E-state index contributed by atoms with van der Waals surface area (Å²) in [7, 11) is 0. The normalized spacial score (nSPS) is 28.5. The van der Waals surface area contributed by atoms with Crippen molar-refractivity contribution in [2.75, 3.05) is 13.1 Å². The Morgan fingerprint density at radius 1 is 1.39 bits per heavy atom. The summed E-state index contributed by atoms with van der Waals surface area (Å²) in [5.41, 5.74) is -0.0878. The number of ether oxygens (including phenoxy) is 1. The van der Waals surface area contributed by atoms with Gasteiger partial charge in [0.15, 0.2) is 5.82 Å². The van der Waals surface area contributed by atoms with E-state index in [4.69, 9.17) is 4.74 Å². The van der Waals surface area contributed by atoms with E-state index in [1.54, 1.807) is 0 Å². The highest BCUT2D eigenvalue weighted by Crippen LogP contribution is 2.34. The van der Waals surface area contributed by atoms with Crippen molar-refractivity contribution in [3.63, 3.8) is 0 Å². The second-order valence-corrected chi connectivity index (χ2v) is 6.13. The Balaban J connectivity index is 1.69. The molecule has 1 unspecified atom stereocenters. The molecule has 18 heavy (non-hydrogen) atoms. The van der Waals surface area contributed by atoms with Crippen LogP contribution >= 0.6 is 0 Å². The smallest absolute Gasteiger partial charge is 0.165 e. The predicted molar refractivity (Wildman–Crippen MR) is 66.0 cm³/mol. The summed E-state index contributed by atoms with van der Waals surface area (Å²) in [6.07, 6.45) is 2.69. The molecule has 1 aromatic heterocycles. The van der Waals surface area contributed by atoms with Crippen LogP contribution in [0.15, 0.2) is 0 Å². The Labute approximate surface area is 107 Å². The van der Waals surface area contributed by atoms with Crippen LogP contribution in [-0.2, 0) is 11.3 Å². The van der Waals surface area contributed by atoms with E-state index in [0.717, 1.165) is 25.5 Å². The molecular formula is C12H21N5O. The molecule has 100 valence electrons. The molecule has 0 amide bonds. The average Bonchev–Trinajstić information content (AvgIpc) is 2.97. The third-order valence-corrected chi connectivity index (χ3v) is 3.46. The van der Waals surface area contributed by atoms with E-state index in [1.807, 2.05) is 4.68 Å². The summed E-state index contributed by atoms with van der Waals surface area (Å²) in [6, 6.07) is 0.543. The van der Waals surface area contributed by atoms with Crippen LogP contribution in [-0.4, -0.2) is 49.9 Å². The monoisotopic (exact) mass is 251 g/mol. The largest absolute Gasteiger partial charge is 0.370 e. The van der Waals surface area contributed by atoms with Crippen LogP contribution < -0.4 is 0 Å². The maximum Gasteiger partial charge on any atom is 0.165 e. The van der Waals surface area contributed by atoms with Crippen LogP contribution in [0.25, 0.3) is 0 Å². The third kappa shape index (κ3) is 2.54. The van der Waals surface area contributed by atoms with Gasteiger partial charge >= 0.3 is 0 Å². The number of morpholine rings is 1. The number of hydrogen-bond donors (Lipinski definition) is 0. The molecule has 0 N–H and O–H groups in total. The van der Waals surface area contributed by atoms with Crippen molar-refractivity contribution in [3.05, 3.63) is 5.82 Å². The molecule has 3 rings (SSSR count). The first-order chi connectivity index (χ1) is 8.53. The van der Waals surface area contributed by atoms with Gasteiger partial charge in [0.2, 0.25) is 0 Å². The maximum atomic E-state index is 5.91. The Bertz CT molecular complexity index is 426. The molecule has 0 radical (unpaired) electrons. The molecule has 1 aliphatic carbocycles. The van der Waals surface area contributed by atoms with Crippen molar-refractivity contribution in [2.45, 2.75) is 57.9 Å². The van der Waals surface area contributed by atoms with Crippen LogP contribution in [0.4, 0.5) is 0 Å². The highest BCUT2D eigenvalue weighted by molar-refractivity contribution is 4.92. The van der Waals surface area contributed by atoms with Gasteiger partial charge in [0.25, 0.3) is 0 Å². The molecule has 1 atom stereocenters. The highest BCUT2D eigenvalue weighted by atomic mass is 16.5. The molecule has 1 aliphatic heterocycles. The topological polar surface area (TPSA) is 56.1 Å². The molecule has 2 fully saturated rings. The van der Waals surface area contributed by atoms with Gasteiger partial charge < -0.3 is 4.74 Å². The van der Waals surface area contributed by atoms with E-state index < -0.39 is 0 Å². The third-order valence-electron chi connectivity index (χ3n) is 3.46. The molecule has 6 nitrogen and oxygen atoms in total. The van der Waals surface area contributed by atoms with Crippen molar-refractivity contribution in [1.29, 1.82) is 0 Å². The lowest BCUT2D eigenvalue weighted by atomic mass is 10.1. The summed E-state index contributed by atoms with van der Waals surface area (Å²) in [4.78, 5) is 2.39. The molecule has 6 heteroatoms. The average molecular weight is 251 g/mol. The first kappa shape index (κ1) is 12.0. The summed E-state index contributed by atoms with van der Waals surface area (Å²) >= 11 is 0. The van der Waals surface area contributed by atoms with E-state index in [-0.39, 0.29) is 11.7 Å². The maximum absolute atomic E-state index is 5.91. The molecule has 2 heterocycles. The molecule has 1 aromatic rings. The molecule has 0 spiro atoms. The zero-order valence-corrected chi connectivity index (χ0v) is 11.3. The second kappa shape index (κ2) is 4.28. The number of aromatic nitrogens is 4. The standard InChI is InChI=1S/C12H21N5O/c1-9-6-16(8-12(2,3)18-9)7-11-13-14-15-17(11)10-4-5-10/h9-10H,4-8H2,1-3H3. The van der Waals surface area contributed by atoms with Crippen LogP contribution in [0.3, 0.4) is 0 Å². The van der Waals surface area contributed by atoms with Crippen LogP contribution in [0.2, 0.25) is 0 Å². The summed E-state index contributed by atoms with van der Waals surface area (Å²) in [6.45, 7) is 9.09. The van der Waals surface area contributed by atoms with Gasteiger partial charge in [-0.1, -0.05) is 0 Å². The van der Waals surface area contributed by atoms with E-state index >= 15 is 0 Å². The number of tetrazole rings is 1. The lowest BCUT2D eigenvalue weighted by molar-refractivity contribution is -0.131. The fourth-order valence-corrected chi connectivity index (χ4v) is 2.83. The van der Waals surface area contributed by atoms with Crippen LogP contribution in [0.1, 0.15) is 45.5 Å². The lowest BCUT2D eigenvalue weighted by Gasteiger charge is -2.41. The molecule has 2 aliphatic rings. The van der Waals surface area contributed by atoms with E-state index in [1.165, 1.54) is 12.8 Å². The SMILES string of the molecule is CC1CN(Cc2nnnn2C2CC2)CC(C)(C)O1. The fourth-order valence-electron chi connectivity index (χ4n) is 2.83. The lowest BCUT2D eigenvalue weighted by Crippen LogP contribution is -2.51. The van der Waals surface area contributed by atoms with Gasteiger partial charge in [-0.05, 0) is 44.0 Å². The number of rotatable bonds is 3. The summed E-state index contributed by atoms with van der Waals surface area (Å²) in [5, 5.41) is 12.1. The van der Waals surface area contributed by atoms with Gasteiger partial charge in [-0.25, -0.2) is 4.68 Å². The van der Waals surface area contributed by atoms with Crippen molar-refractivity contribution in [2.24, 2.45) is 0 Å². The Morgan fingerprint density at radius 2 is 2.17 bits per heavy atom. The molecule has 1 saturated carbocycles. The van der Waals surface area contributed by atoms with Crippen molar-refractivity contribution in [3.8, 4) is 0 Å². The molecular weight excluding hydrogens is 230 g/mol. The van der Waals surface area contributed by atoms with Crippen molar-refractivity contribution < 1.29 is 4.74 Å². The van der Waals surface area contributed by atoms with Gasteiger partial charge in [0.1, 0.15) is 0 Å². The van der Waals surface area contributed by atoms with Crippen molar-refractivity contribution >= 4 is 0 Å². The van der Waals surface area contributed by atoms with Crippen molar-refractivity contribution in [1.82, 2.24) is 25.1 Å². The Kier molecular flexibility index (Phi) is 2.86. The highest BCUT2D eigenvalue weighted by Gasteiger charge is 2.33. The van der Waals surface area contributed by atoms with E-state index in [0.29, 0.717) is 6.04 Å². The molecule has 0 bridgehead atoms. The van der Waals surface area contributed by atoms with Gasteiger partial charge in [-0.2, -0.15) is 0 Å². The van der Waals surface area contributed by atoms with Gasteiger partial charge in [0, 0.05) is 13.1 Å². The minimum absolute atomic E-state index is 0.0878. The summed E-state index contributed by atoms with van der Waals surface area (Å²) < 4.78 is 7.91. The zero-order valence-electron chi connectivity index (χ0n) is 11.3. The predicted octanol–water partition coefficient (Wildman–Crippen LogP) is 1.01. The first-order valence-electron chi connectivity index (χ1n) is 6.70. The zero-order chi connectivity index (χ0) is 12.8. The minimum atomic E-state index is -0.0878. The van der Waals surface area contributed by atoms with Crippen LogP contribution in [0.5, 0.6) is 0 Å². The molecule has 1 saturated heterocycles. The fraction of sp³-hybridized carbons (Fsp3) is 0.917.